The maximum absolute atomic E-state index is 10.7. The molecule has 0 radical (unpaired) electrons. The Labute approximate surface area is 425 Å². The molecule has 0 atom stereocenters. The SMILES string of the molecule is [2H]c1c([2H])c([2H])c([Si](c2c([2H])c([2H])c([2H])c([2H])c2[2H])(c2c([2H])c([2H])c([2H])c([2H])c2[2H])c2c([2H])c([2H])c([2H])c(-c3nc(-c4ccccc4-c4ccc5c6ccccc6n6c7ccccc7c4c56)nc(-n4c5ccccc5c5ccccc54)n3)c2[2H])c([2H])c1[2H]. The summed E-state index contributed by atoms with van der Waals surface area (Å²) in [7, 11) is -6.22. The van der Waals surface area contributed by atoms with Gasteiger partial charge >= 0.3 is 0 Å². The first kappa shape index (κ1) is 24.7. The summed E-state index contributed by atoms with van der Waals surface area (Å²) in [5, 5.41) is 1.66. The molecule has 0 spiro atoms. The quantitative estimate of drug-likeness (QED) is 0.113. The predicted octanol–water partition coefficient (Wildman–Crippen LogP) is 12.5. The van der Waals surface area contributed by atoms with Gasteiger partial charge in [0.05, 0.1) is 53.6 Å². The number of para-hydroxylation sites is 4. The lowest BCUT2D eigenvalue weighted by Gasteiger charge is -2.34. The van der Waals surface area contributed by atoms with Crippen molar-refractivity contribution in [2.45, 2.75) is 0 Å². The third-order valence-electron chi connectivity index (χ3n) is 13.0. The van der Waals surface area contributed by atoms with Gasteiger partial charge in [0, 0.05) is 43.4 Å². The first-order valence-electron chi connectivity index (χ1n) is 31.5. The summed E-state index contributed by atoms with van der Waals surface area (Å²) in [6, 6.07) is 22.4. The zero-order chi connectivity index (χ0) is 62.0. The van der Waals surface area contributed by atoms with Crippen molar-refractivity contribution >= 4 is 88.7 Å². The van der Waals surface area contributed by atoms with Crippen LogP contribution >= 0.6 is 0 Å². The van der Waals surface area contributed by atoms with E-state index in [2.05, 4.69) is 34.7 Å². The molecule has 0 saturated carbocycles. The van der Waals surface area contributed by atoms with Gasteiger partial charge in [0.15, 0.2) is 19.7 Å². The summed E-state index contributed by atoms with van der Waals surface area (Å²) in [6.45, 7) is 0. The molecule has 0 unspecified atom stereocenters. The molecule has 0 aliphatic rings. The predicted molar refractivity (Wildman–Crippen MR) is 289 cm³/mol. The zero-order valence-electron chi connectivity index (χ0n) is 54.9. The van der Waals surface area contributed by atoms with Crippen molar-refractivity contribution in [1.82, 2.24) is 23.9 Å². The molecule has 4 heterocycles. The number of aromatic nitrogens is 5. The van der Waals surface area contributed by atoms with E-state index in [1.165, 1.54) is 0 Å². The maximum atomic E-state index is 10.7. The minimum Gasteiger partial charge on any atom is -0.308 e. The third-order valence-corrected chi connectivity index (χ3v) is 17.0. The summed E-state index contributed by atoms with van der Waals surface area (Å²) >= 11 is 0. The molecule has 0 amide bonds. The van der Waals surface area contributed by atoms with E-state index in [1.807, 2.05) is 91.0 Å². The topological polar surface area (TPSA) is 48.0 Å². The van der Waals surface area contributed by atoms with Gasteiger partial charge in [0.25, 0.3) is 0 Å². The van der Waals surface area contributed by atoms with Crippen LogP contribution in [0.4, 0.5) is 0 Å². The standard InChI is InChI=1S/C63H41N5Si/c1-4-22-43(23-5-1)69(44-24-6-2-7-25-44,45-26-8-3-9-27-45)46-28-20-21-42(41-46)61-64-62(66-63(65-61)68-56-36-17-12-30-48(56)49-31-13-18-37-57(49)68)53-33-11-10-29-47(53)51-39-40-52-50-32-14-16-35-55(50)67-58-38-19-15-34-54(58)59(51)60(52)67/h1-41H/i1D,2D,3D,4D,5D,6D,7D,8D,9D,20D,21D,22D,23D,24D,25D,26D,27D,28D,41D. The van der Waals surface area contributed by atoms with Crippen molar-refractivity contribution in [3.8, 4) is 39.9 Å². The van der Waals surface area contributed by atoms with Crippen molar-refractivity contribution in [3.63, 3.8) is 0 Å². The van der Waals surface area contributed by atoms with E-state index in [-0.39, 0.29) is 11.8 Å². The molecule has 10 aromatic carbocycles. The molecule has 0 aliphatic carbocycles. The lowest BCUT2D eigenvalue weighted by Crippen LogP contribution is -2.74. The van der Waals surface area contributed by atoms with Crippen LogP contribution in [0.5, 0.6) is 0 Å². The van der Waals surface area contributed by atoms with Gasteiger partial charge in [-0.1, -0.05) is 224 Å². The molecule has 0 N–H and O–H groups in total. The Morgan fingerprint density at radius 1 is 0.362 bits per heavy atom. The average Bonchev–Trinajstić information content (AvgIpc) is 0.804. The molecule has 5 nitrogen and oxygen atoms in total. The van der Waals surface area contributed by atoms with Gasteiger partial charge in [-0.2, -0.15) is 9.97 Å². The molecule has 4 aromatic heterocycles. The number of rotatable bonds is 8. The highest BCUT2D eigenvalue weighted by molar-refractivity contribution is 7.19. The van der Waals surface area contributed by atoms with E-state index in [9.17, 15) is 13.7 Å². The van der Waals surface area contributed by atoms with Crippen LogP contribution in [0.3, 0.4) is 0 Å². The molecule has 0 saturated heterocycles. The van der Waals surface area contributed by atoms with Gasteiger partial charge in [-0.3, -0.25) is 4.57 Å². The van der Waals surface area contributed by atoms with Crippen LogP contribution in [0.15, 0.2) is 248 Å². The molecular weight excluding hydrogens is 855 g/mol. The van der Waals surface area contributed by atoms with Gasteiger partial charge in [-0.25, -0.2) is 4.98 Å². The highest BCUT2D eigenvalue weighted by Crippen LogP contribution is 2.45. The normalized spacial score (nSPS) is 15.9. The number of benzene rings is 10. The zero-order valence-corrected chi connectivity index (χ0v) is 36.9. The number of hydrogen-bond donors (Lipinski definition) is 0. The van der Waals surface area contributed by atoms with Crippen molar-refractivity contribution in [1.29, 1.82) is 0 Å². The summed E-state index contributed by atoms with van der Waals surface area (Å²) in [5.41, 5.74) is 5.32. The minimum atomic E-state index is -6.22. The van der Waals surface area contributed by atoms with Crippen LogP contribution < -0.4 is 20.7 Å². The molecule has 69 heavy (non-hydrogen) atoms. The van der Waals surface area contributed by atoms with Gasteiger partial charge < -0.3 is 4.40 Å². The highest BCUT2D eigenvalue weighted by atomic mass is 28.3. The van der Waals surface area contributed by atoms with Gasteiger partial charge in [-0.05, 0) is 56.1 Å². The Balaban J connectivity index is 1.17. The summed E-state index contributed by atoms with van der Waals surface area (Å²) < 4.78 is 183. The first-order chi connectivity index (χ1) is 42.1. The maximum Gasteiger partial charge on any atom is 0.238 e. The number of nitrogens with zero attached hydrogens (tertiary/aromatic N) is 5. The molecule has 14 aromatic rings. The number of hydrogen-bond acceptors (Lipinski definition) is 3. The van der Waals surface area contributed by atoms with Gasteiger partial charge in [-0.15, -0.1) is 0 Å². The molecule has 0 fully saturated rings. The van der Waals surface area contributed by atoms with E-state index in [0.717, 1.165) is 54.4 Å². The lowest BCUT2D eigenvalue weighted by molar-refractivity contribution is 0.954. The molecule has 322 valence electrons. The van der Waals surface area contributed by atoms with E-state index >= 15 is 0 Å². The van der Waals surface area contributed by atoms with Crippen LogP contribution in [0.2, 0.25) is 0 Å². The van der Waals surface area contributed by atoms with Crippen molar-refractivity contribution in [3.05, 3.63) is 248 Å². The fourth-order valence-corrected chi connectivity index (χ4v) is 13.7. The Bertz CT molecular complexity index is 5130. The van der Waals surface area contributed by atoms with Crippen molar-refractivity contribution in [2.75, 3.05) is 0 Å². The summed E-state index contributed by atoms with van der Waals surface area (Å²) in [5.74, 6) is -0.619. The second-order valence-electron chi connectivity index (χ2n) is 16.5. The monoisotopic (exact) mass is 914 g/mol. The van der Waals surface area contributed by atoms with Crippen LogP contribution in [-0.4, -0.2) is 32.0 Å². The lowest BCUT2D eigenvalue weighted by atomic mass is 9.93. The Morgan fingerprint density at radius 2 is 0.841 bits per heavy atom. The van der Waals surface area contributed by atoms with Crippen molar-refractivity contribution < 1.29 is 26.0 Å². The summed E-state index contributed by atoms with van der Waals surface area (Å²) in [6.07, 6.45) is 0. The average molecular weight is 915 g/mol. The van der Waals surface area contributed by atoms with Crippen LogP contribution in [-0.2, 0) is 0 Å². The van der Waals surface area contributed by atoms with E-state index in [4.69, 9.17) is 27.3 Å². The fraction of sp³-hybridized carbons (Fsp3) is 0. The largest absolute Gasteiger partial charge is 0.308 e. The van der Waals surface area contributed by atoms with E-state index in [1.54, 1.807) is 16.7 Å². The molecule has 0 aliphatic heterocycles. The van der Waals surface area contributed by atoms with Gasteiger partial charge in [0.2, 0.25) is 5.95 Å². The highest BCUT2D eigenvalue weighted by Gasteiger charge is 2.41. The van der Waals surface area contributed by atoms with Crippen LogP contribution in [0.25, 0.3) is 99.8 Å². The van der Waals surface area contributed by atoms with E-state index in [0.29, 0.717) is 22.2 Å². The Kier molecular flexibility index (Phi) is 5.57. The first-order valence-corrected chi connectivity index (χ1v) is 24.0. The summed E-state index contributed by atoms with van der Waals surface area (Å²) in [4.78, 5) is 15.4. The minimum absolute atomic E-state index is 0.0382. The second-order valence-corrected chi connectivity index (χ2v) is 20.0. The molecule has 14 rings (SSSR count). The van der Waals surface area contributed by atoms with Crippen molar-refractivity contribution in [2.24, 2.45) is 0 Å². The van der Waals surface area contributed by atoms with E-state index < -0.39 is 155 Å². The van der Waals surface area contributed by atoms with Gasteiger partial charge in [0.1, 0.15) is 0 Å². The molecule has 6 heteroatoms. The van der Waals surface area contributed by atoms with Crippen LogP contribution in [0.1, 0.15) is 26.0 Å². The fourth-order valence-electron chi connectivity index (χ4n) is 10.1. The molecular formula is C63H41N5Si. The number of fused-ring (bicyclic) bond motifs is 9. The third kappa shape index (κ3) is 5.86. The smallest absolute Gasteiger partial charge is 0.238 e. The second kappa shape index (κ2) is 15.6. The van der Waals surface area contributed by atoms with Crippen LogP contribution in [0, 0.1) is 0 Å². The Morgan fingerprint density at radius 3 is 1.45 bits per heavy atom. The Hall–Kier alpha value is -8.97. The molecule has 0 bridgehead atoms.